The van der Waals surface area contributed by atoms with Crippen LogP contribution in [0.15, 0.2) is 24.5 Å². The van der Waals surface area contributed by atoms with E-state index in [9.17, 15) is 13.6 Å². The second kappa shape index (κ2) is 6.83. The second-order valence-corrected chi connectivity index (χ2v) is 9.05. The van der Waals surface area contributed by atoms with E-state index < -0.39 is 18.1 Å². The molecule has 0 aromatic carbocycles. The van der Waals surface area contributed by atoms with Gasteiger partial charge in [0, 0.05) is 12.0 Å². The highest BCUT2D eigenvalue weighted by atomic mass is 19.3. The summed E-state index contributed by atoms with van der Waals surface area (Å²) in [6, 6.07) is 3.37. The fourth-order valence-corrected chi connectivity index (χ4v) is 4.16. The molecule has 158 valence electrons. The van der Waals surface area contributed by atoms with Gasteiger partial charge in [-0.2, -0.15) is 0 Å². The first kappa shape index (κ1) is 19.9. The van der Waals surface area contributed by atoms with E-state index in [4.69, 9.17) is 14.2 Å². The van der Waals surface area contributed by atoms with E-state index in [-0.39, 0.29) is 16.7 Å². The number of alkyl halides is 2. The van der Waals surface area contributed by atoms with Crippen LogP contribution in [0.4, 0.5) is 13.6 Å². The number of pyridine rings is 1. The Kier molecular flexibility index (Phi) is 4.68. The molecule has 1 saturated carbocycles. The third kappa shape index (κ3) is 4.01. The van der Waals surface area contributed by atoms with Crippen molar-refractivity contribution in [3.05, 3.63) is 30.2 Å². The van der Waals surface area contributed by atoms with Crippen molar-refractivity contribution in [2.24, 2.45) is 5.41 Å². The predicted octanol–water partition coefficient (Wildman–Crippen LogP) is 3.72. The van der Waals surface area contributed by atoms with Crippen molar-refractivity contribution in [3.63, 3.8) is 0 Å². The number of halogens is 2. The van der Waals surface area contributed by atoms with Crippen molar-refractivity contribution in [3.8, 4) is 5.75 Å². The van der Waals surface area contributed by atoms with Crippen LogP contribution in [0.3, 0.4) is 0 Å². The van der Waals surface area contributed by atoms with Gasteiger partial charge in [0.1, 0.15) is 22.7 Å². The molecule has 2 aromatic rings. The van der Waals surface area contributed by atoms with Crippen LogP contribution in [0.25, 0.3) is 5.65 Å². The SMILES string of the molecule is CC(C)(C)OC(=O)NCC12CC(COc3ccc4ncc(C(F)F)n4c3)(CO1)C2. The Morgan fingerprint density at radius 2 is 2.14 bits per heavy atom. The number of ether oxygens (including phenoxy) is 3. The number of aromatic nitrogens is 2. The highest BCUT2D eigenvalue weighted by molar-refractivity contribution is 5.67. The maximum Gasteiger partial charge on any atom is 0.407 e. The number of carbonyl (C=O) groups is 1. The molecule has 1 N–H and O–H groups in total. The minimum absolute atomic E-state index is 0.120. The lowest BCUT2D eigenvalue weighted by molar-refractivity contribution is -0.0265. The Morgan fingerprint density at radius 1 is 1.38 bits per heavy atom. The van der Waals surface area contributed by atoms with Crippen LogP contribution in [-0.4, -0.2) is 46.4 Å². The van der Waals surface area contributed by atoms with Gasteiger partial charge >= 0.3 is 6.09 Å². The van der Waals surface area contributed by atoms with Crippen molar-refractivity contribution in [1.29, 1.82) is 0 Å². The molecule has 29 heavy (non-hydrogen) atoms. The fraction of sp³-hybridized carbons (Fsp3) is 0.600. The molecule has 3 aliphatic rings. The van der Waals surface area contributed by atoms with Gasteiger partial charge in [-0.15, -0.1) is 0 Å². The van der Waals surface area contributed by atoms with Crippen molar-refractivity contribution >= 4 is 11.7 Å². The number of hydrogen-bond donors (Lipinski definition) is 1. The van der Waals surface area contributed by atoms with Crippen LogP contribution in [-0.2, 0) is 9.47 Å². The van der Waals surface area contributed by atoms with Crippen molar-refractivity contribution in [1.82, 2.24) is 14.7 Å². The Balaban J connectivity index is 1.32. The van der Waals surface area contributed by atoms with E-state index in [0.29, 0.717) is 31.2 Å². The Morgan fingerprint density at radius 3 is 2.83 bits per heavy atom. The Bertz CT molecular complexity index is 916. The molecule has 2 saturated heterocycles. The van der Waals surface area contributed by atoms with E-state index in [1.165, 1.54) is 16.8 Å². The van der Waals surface area contributed by atoms with Gasteiger partial charge in [0.15, 0.2) is 0 Å². The third-order valence-corrected chi connectivity index (χ3v) is 5.31. The number of carbonyl (C=O) groups excluding carboxylic acids is 1. The van der Waals surface area contributed by atoms with E-state index in [0.717, 1.165) is 12.8 Å². The molecule has 2 aromatic heterocycles. The van der Waals surface area contributed by atoms with Gasteiger partial charge in [-0.05, 0) is 45.7 Å². The molecule has 0 radical (unpaired) electrons. The summed E-state index contributed by atoms with van der Waals surface area (Å²) >= 11 is 0. The summed E-state index contributed by atoms with van der Waals surface area (Å²) in [6.07, 6.45) is 1.18. The van der Waals surface area contributed by atoms with Crippen molar-refractivity contribution in [2.75, 3.05) is 19.8 Å². The summed E-state index contributed by atoms with van der Waals surface area (Å²) in [5, 5.41) is 2.78. The number of hydrogen-bond acceptors (Lipinski definition) is 5. The minimum atomic E-state index is -2.60. The molecule has 4 heterocycles. The number of alkyl carbamates (subject to hydrolysis) is 1. The molecule has 7 nitrogen and oxygen atoms in total. The normalized spacial score (nSPS) is 25.9. The van der Waals surface area contributed by atoms with Gasteiger partial charge < -0.3 is 19.5 Å². The first-order chi connectivity index (χ1) is 13.6. The molecule has 0 spiro atoms. The lowest BCUT2D eigenvalue weighted by Gasteiger charge is -2.44. The summed E-state index contributed by atoms with van der Waals surface area (Å²) in [4.78, 5) is 15.8. The van der Waals surface area contributed by atoms with Crippen LogP contribution in [0.1, 0.15) is 45.7 Å². The topological polar surface area (TPSA) is 74.1 Å². The molecule has 2 aliphatic heterocycles. The van der Waals surface area contributed by atoms with Gasteiger partial charge in [0.25, 0.3) is 6.43 Å². The molecular weight excluding hydrogens is 384 g/mol. The molecule has 9 heteroatoms. The maximum absolute atomic E-state index is 13.1. The summed E-state index contributed by atoms with van der Waals surface area (Å²) in [5.41, 5.74) is -0.757. The average Bonchev–Trinajstić information content (AvgIpc) is 3.27. The third-order valence-electron chi connectivity index (χ3n) is 5.31. The van der Waals surface area contributed by atoms with E-state index in [1.54, 1.807) is 12.1 Å². The van der Waals surface area contributed by atoms with Gasteiger partial charge in [0.05, 0.1) is 31.2 Å². The van der Waals surface area contributed by atoms with Crippen molar-refractivity contribution in [2.45, 2.75) is 51.2 Å². The molecule has 3 fully saturated rings. The van der Waals surface area contributed by atoms with Crippen LogP contribution < -0.4 is 10.1 Å². The van der Waals surface area contributed by atoms with Gasteiger partial charge in [-0.25, -0.2) is 18.6 Å². The molecule has 1 amide bonds. The highest BCUT2D eigenvalue weighted by Crippen LogP contribution is 2.57. The van der Waals surface area contributed by atoms with Crippen LogP contribution in [0, 0.1) is 5.41 Å². The van der Waals surface area contributed by atoms with Gasteiger partial charge in [-0.3, -0.25) is 4.40 Å². The zero-order valence-electron chi connectivity index (χ0n) is 16.7. The number of nitrogens with one attached hydrogen (secondary N) is 1. The molecule has 0 atom stereocenters. The number of amides is 1. The number of rotatable bonds is 6. The second-order valence-electron chi connectivity index (χ2n) is 9.05. The zero-order chi connectivity index (χ0) is 20.9. The highest BCUT2D eigenvalue weighted by Gasteiger charge is 2.62. The van der Waals surface area contributed by atoms with Crippen LogP contribution in [0.5, 0.6) is 5.75 Å². The molecular formula is C20H25F2N3O4. The molecule has 2 bridgehead atoms. The zero-order valence-corrected chi connectivity index (χ0v) is 16.7. The summed E-state index contributed by atoms with van der Waals surface area (Å²) in [6.45, 7) is 6.79. The van der Waals surface area contributed by atoms with Crippen LogP contribution in [0.2, 0.25) is 0 Å². The van der Waals surface area contributed by atoms with E-state index in [2.05, 4.69) is 10.3 Å². The van der Waals surface area contributed by atoms with Crippen molar-refractivity contribution < 1.29 is 27.8 Å². The maximum atomic E-state index is 13.1. The lowest BCUT2D eigenvalue weighted by atomic mass is 9.63. The predicted molar refractivity (Wildman–Crippen MR) is 100 cm³/mol. The number of fused-ring (bicyclic) bond motifs is 2. The Labute approximate surface area is 167 Å². The monoisotopic (exact) mass is 409 g/mol. The summed E-state index contributed by atoms with van der Waals surface area (Å²) in [7, 11) is 0. The first-order valence-corrected chi connectivity index (χ1v) is 9.58. The molecule has 1 aliphatic carbocycles. The molecule has 5 rings (SSSR count). The fourth-order valence-electron chi connectivity index (χ4n) is 4.16. The van der Waals surface area contributed by atoms with Gasteiger partial charge in [-0.1, -0.05) is 0 Å². The molecule has 0 unspecified atom stereocenters. The lowest BCUT2D eigenvalue weighted by Crippen LogP contribution is -2.53. The number of imidazole rings is 1. The summed E-state index contributed by atoms with van der Waals surface area (Å²) in [5.74, 6) is 0.503. The standard InChI is InChI=1S/C20H25F2N3O4/c1-18(2,3)29-17(26)24-10-20-8-19(9-20,12-28-20)11-27-13-4-5-15-23-6-14(16(21)22)25(15)7-13/h4-7,16H,8-12H2,1-3H3,(H,24,26). The van der Waals surface area contributed by atoms with E-state index >= 15 is 0 Å². The quantitative estimate of drug-likeness (QED) is 0.787. The van der Waals surface area contributed by atoms with Gasteiger partial charge in [0.2, 0.25) is 0 Å². The van der Waals surface area contributed by atoms with E-state index in [1.807, 2.05) is 20.8 Å². The number of nitrogens with zero attached hydrogens (tertiary/aromatic N) is 2. The smallest absolute Gasteiger partial charge is 0.407 e. The summed E-state index contributed by atoms with van der Waals surface area (Å²) < 4.78 is 44.6. The Hall–Kier alpha value is -2.42. The van der Waals surface area contributed by atoms with Crippen LogP contribution >= 0.6 is 0 Å². The average molecular weight is 409 g/mol. The minimum Gasteiger partial charge on any atom is -0.491 e. The first-order valence-electron chi connectivity index (χ1n) is 9.58. The largest absolute Gasteiger partial charge is 0.491 e.